The molecule has 0 amide bonds. The summed E-state index contributed by atoms with van der Waals surface area (Å²) < 4.78 is 26.8. The van der Waals surface area contributed by atoms with E-state index in [1.165, 1.54) is 0 Å². The van der Waals surface area contributed by atoms with E-state index in [0.717, 1.165) is 18.1 Å². The smallest absolute Gasteiger partial charge is 0.196 e. The minimum absolute atomic E-state index is 0.217. The Balaban J connectivity index is 2.30. The van der Waals surface area contributed by atoms with E-state index in [-0.39, 0.29) is 11.3 Å². The molecule has 110 valence electrons. The van der Waals surface area contributed by atoms with E-state index in [4.69, 9.17) is 5.73 Å². The highest BCUT2D eigenvalue weighted by Crippen LogP contribution is 2.20. The molecule has 2 aromatic carbocycles. The summed E-state index contributed by atoms with van der Waals surface area (Å²) in [5.41, 5.74) is 6.40. The Bertz CT molecular complexity index is 663. The normalized spacial score (nSPS) is 10.9. The number of hydrogen-bond donors (Lipinski definition) is 1. The molecule has 0 unspecified atom stereocenters. The molecule has 0 spiro atoms. The monoisotopic (exact) mass is 289 g/mol. The first-order chi connectivity index (χ1) is 9.88. The molecule has 0 saturated carbocycles. The van der Waals surface area contributed by atoms with Gasteiger partial charge in [0.1, 0.15) is 11.6 Å². The summed E-state index contributed by atoms with van der Waals surface area (Å²) in [5.74, 6) is -1.76. The first kappa shape index (κ1) is 15.2. The van der Waals surface area contributed by atoms with Crippen LogP contribution in [0.15, 0.2) is 36.4 Å². The number of carbonyl (C=O) groups excluding carboxylic acids is 1. The van der Waals surface area contributed by atoms with Crippen LogP contribution in [0.2, 0.25) is 0 Å². The summed E-state index contributed by atoms with van der Waals surface area (Å²) >= 11 is 0. The molecule has 0 radical (unpaired) electrons. The van der Waals surface area contributed by atoms with Crippen molar-refractivity contribution in [1.29, 1.82) is 0 Å². The second-order valence-electron chi connectivity index (χ2n) is 5.48. The highest BCUT2D eigenvalue weighted by molar-refractivity contribution is 6.09. The number of nitrogen functional groups attached to an aromatic ring is 1. The molecular weight excluding hydrogens is 272 g/mol. The van der Waals surface area contributed by atoms with Gasteiger partial charge in [0.25, 0.3) is 0 Å². The topological polar surface area (TPSA) is 43.1 Å². The highest BCUT2D eigenvalue weighted by atomic mass is 19.1. The molecule has 0 bridgehead atoms. The SMILES string of the molecule is CC(C)Cc1ccc(C(=O)c2cc(N)c(F)cc2F)cc1. The van der Waals surface area contributed by atoms with Gasteiger partial charge in [-0.25, -0.2) is 8.78 Å². The summed E-state index contributed by atoms with van der Waals surface area (Å²) in [6.07, 6.45) is 0.909. The molecule has 2 aromatic rings. The molecule has 2 N–H and O–H groups in total. The predicted octanol–water partition coefficient (Wildman–Crippen LogP) is 3.98. The van der Waals surface area contributed by atoms with E-state index in [1.807, 2.05) is 12.1 Å². The second kappa shape index (κ2) is 6.04. The maximum absolute atomic E-state index is 13.7. The average Bonchev–Trinajstić information content (AvgIpc) is 2.42. The van der Waals surface area contributed by atoms with Crippen molar-refractivity contribution in [2.45, 2.75) is 20.3 Å². The van der Waals surface area contributed by atoms with Crippen LogP contribution in [0, 0.1) is 17.6 Å². The summed E-state index contributed by atoms with van der Waals surface area (Å²) in [6.45, 7) is 4.21. The van der Waals surface area contributed by atoms with Gasteiger partial charge in [0.15, 0.2) is 5.78 Å². The quantitative estimate of drug-likeness (QED) is 0.683. The van der Waals surface area contributed by atoms with E-state index >= 15 is 0 Å². The number of halogens is 2. The van der Waals surface area contributed by atoms with Gasteiger partial charge in [-0.15, -0.1) is 0 Å². The van der Waals surface area contributed by atoms with Crippen molar-refractivity contribution in [2.75, 3.05) is 5.73 Å². The van der Waals surface area contributed by atoms with Crippen LogP contribution in [-0.2, 0) is 6.42 Å². The van der Waals surface area contributed by atoms with Crippen molar-refractivity contribution in [3.05, 3.63) is 64.7 Å². The molecule has 0 aliphatic heterocycles. The fourth-order valence-electron chi connectivity index (χ4n) is 2.16. The summed E-state index contributed by atoms with van der Waals surface area (Å²) in [6, 6.07) is 8.67. The van der Waals surface area contributed by atoms with Gasteiger partial charge in [-0.05, 0) is 24.0 Å². The summed E-state index contributed by atoms with van der Waals surface area (Å²) in [5, 5.41) is 0. The zero-order valence-corrected chi connectivity index (χ0v) is 12.0. The van der Waals surface area contributed by atoms with Gasteiger partial charge in [-0.3, -0.25) is 4.79 Å². The number of rotatable bonds is 4. The van der Waals surface area contributed by atoms with Crippen molar-refractivity contribution in [3.8, 4) is 0 Å². The minimum atomic E-state index is -0.905. The number of anilines is 1. The molecule has 2 rings (SSSR count). The maximum atomic E-state index is 13.7. The Morgan fingerprint density at radius 3 is 2.29 bits per heavy atom. The Hall–Kier alpha value is -2.23. The van der Waals surface area contributed by atoms with Gasteiger partial charge in [0.05, 0.1) is 11.3 Å². The molecule has 4 heteroatoms. The maximum Gasteiger partial charge on any atom is 0.196 e. The fourth-order valence-corrected chi connectivity index (χ4v) is 2.16. The third-order valence-corrected chi connectivity index (χ3v) is 3.19. The Morgan fingerprint density at radius 2 is 1.71 bits per heavy atom. The van der Waals surface area contributed by atoms with Crippen LogP contribution < -0.4 is 5.73 Å². The van der Waals surface area contributed by atoms with Crippen molar-refractivity contribution in [1.82, 2.24) is 0 Å². The van der Waals surface area contributed by atoms with Crippen molar-refractivity contribution >= 4 is 11.5 Å². The number of ketones is 1. The first-order valence-corrected chi connectivity index (χ1v) is 6.76. The Kier molecular flexibility index (Phi) is 4.36. The van der Waals surface area contributed by atoms with E-state index in [9.17, 15) is 13.6 Å². The molecule has 0 heterocycles. The van der Waals surface area contributed by atoms with Crippen LogP contribution in [0.4, 0.5) is 14.5 Å². The largest absolute Gasteiger partial charge is 0.396 e. The van der Waals surface area contributed by atoms with Crippen LogP contribution in [-0.4, -0.2) is 5.78 Å². The van der Waals surface area contributed by atoms with E-state index in [2.05, 4.69) is 13.8 Å². The average molecular weight is 289 g/mol. The van der Waals surface area contributed by atoms with Gasteiger partial charge >= 0.3 is 0 Å². The molecule has 0 aliphatic carbocycles. The lowest BCUT2D eigenvalue weighted by Crippen LogP contribution is -2.07. The van der Waals surface area contributed by atoms with Crippen LogP contribution in [0.25, 0.3) is 0 Å². The zero-order chi connectivity index (χ0) is 15.6. The number of carbonyl (C=O) groups is 1. The lowest BCUT2D eigenvalue weighted by molar-refractivity contribution is 0.103. The van der Waals surface area contributed by atoms with Gasteiger partial charge in [0.2, 0.25) is 0 Å². The predicted molar refractivity (Wildman–Crippen MR) is 79.2 cm³/mol. The molecule has 0 atom stereocenters. The van der Waals surface area contributed by atoms with Crippen LogP contribution in [0.1, 0.15) is 35.3 Å². The highest BCUT2D eigenvalue weighted by Gasteiger charge is 2.16. The second-order valence-corrected chi connectivity index (χ2v) is 5.48. The zero-order valence-electron chi connectivity index (χ0n) is 12.0. The molecule has 21 heavy (non-hydrogen) atoms. The van der Waals surface area contributed by atoms with E-state index in [1.54, 1.807) is 12.1 Å². The van der Waals surface area contributed by atoms with Crippen LogP contribution >= 0.6 is 0 Å². The Labute approximate surface area is 122 Å². The fraction of sp³-hybridized carbons (Fsp3) is 0.235. The number of hydrogen-bond acceptors (Lipinski definition) is 2. The molecule has 0 saturated heterocycles. The minimum Gasteiger partial charge on any atom is -0.396 e. The van der Waals surface area contributed by atoms with Crippen LogP contribution in [0.5, 0.6) is 0 Å². The van der Waals surface area contributed by atoms with Crippen molar-refractivity contribution < 1.29 is 13.6 Å². The summed E-state index contributed by atoms with van der Waals surface area (Å²) in [4.78, 5) is 12.2. The van der Waals surface area contributed by atoms with Crippen LogP contribution in [0.3, 0.4) is 0 Å². The van der Waals surface area contributed by atoms with Gasteiger partial charge in [-0.1, -0.05) is 38.1 Å². The van der Waals surface area contributed by atoms with Gasteiger partial charge in [-0.2, -0.15) is 0 Å². The standard InChI is InChI=1S/C17H17F2NO/c1-10(2)7-11-3-5-12(6-4-11)17(21)13-8-16(20)15(19)9-14(13)18/h3-6,8-10H,7,20H2,1-2H3. The number of benzene rings is 2. The van der Waals surface area contributed by atoms with E-state index in [0.29, 0.717) is 17.5 Å². The number of nitrogens with two attached hydrogens (primary N) is 1. The lowest BCUT2D eigenvalue weighted by atomic mass is 9.98. The Morgan fingerprint density at radius 1 is 1.10 bits per heavy atom. The van der Waals surface area contributed by atoms with Gasteiger partial charge < -0.3 is 5.73 Å². The van der Waals surface area contributed by atoms with Gasteiger partial charge in [0, 0.05) is 11.6 Å². The summed E-state index contributed by atoms with van der Waals surface area (Å²) in [7, 11) is 0. The lowest BCUT2D eigenvalue weighted by Gasteiger charge is -2.07. The third-order valence-electron chi connectivity index (χ3n) is 3.19. The molecule has 0 aliphatic rings. The molecule has 0 fully saturated rings. The van der Waals surface area contributed by atoms with Crippen molar-refractivity contribution in [2.24, 2.45) is 5.92 Å². The van der Waals surface area contributed by atoms with E-state index < -0.39 is 17.4 Å². The first-order valence-electron chi connectivity index (χ1n) is 6.76. The third kappa shape index (κ3) is 3.45. The molecule has 2 nitrogen and oxygen atoms in total. The molecule has 0 aromatic heterocycles. The van der Waals surface area contributed by atoms with Crippen molar-refractivity contribution in [3.63, 3.8) is 0 Å². The molecular formula is C17H17F2NO.